The van der Waals surface area contributed by atoms with Crippen LogP contribution < -0.4 is 20.1 Å². The number of anilines is 2. The lowest BCUT2D eigenvalue weighted by Crippen LogP contribution is -2.19. The fourth-order valence-electron chi connectivity index (χ4n) is 2.84. The summed E-state index contributed by atoms with van der Waals surface area (Å²) in [6.07, 6.45) is 0. The highest BCUT2D eigenvalue weighted by Gasteiger charge is 2.09. The van der Waals surface area contributed by atoms with E-state index in [1.807, 2.05) is 79.0 Å². The summed E-state index contributed by atoms with van der Waals surface area (Å²) in [6, 6.07) is 24.1. The van der Waals surface area contributed by atoms with Crippen molar-refractivity contribution in [3.63, 3.8) is 0 Å². The molecule has 0 bridgehead atoms. The average molecular weight is 432 g/mol. The van der Waals surface area contributed by atoms with Gasteiger partial charge in [-0.1, -0.05) is 18.2 Å². The van der Waals surface area contributed by atoms with Gasteiger partial charge in [0, 0.05) is 16.6 Å². The lowest BCUT2D eigenvalue weighted by molar-refractivity contribution is 0.262. The molecule has 3 aromatic carbocycles. The number of urea groups is 1. The lowest BCUT2D eigenvalue weighted by Gasteiger charge is -2.07. The molecule has 4 aromatic rings. The highest BCUT2D eigenvalue weighted by molar-refractivity contribution is 7.14. The van der Waals surface area contributed by atoms with E-state index in [1.54, 1.807) is 12.1 Å². The third-order valence-corrected chi connectivity index (χ3v) is 5.03. The van der Waals surface area contributed by atoms with Crippen LogP contribution in [0.5, 0.6) is 17.2 Å². The van der Waals surface area contributed by atoms with E-state index in [2.05, 4.69) is 15.6 Å². The number of thiazole rings is 1. The molecule has 1 aromatic heterocycles. The number of hydrogen-bond donors (Lipinski definition) is 2. The van der Waals surface area contributed by atoms with Crippen LogP contribution in [-0.2, 0) is 0 Å². The zero-order chi connectivity index (χ0) is 21.5. The minimum absolute atomic E-state index is 0.350. The molecule has 31 heavy (non-hydrogen) atoms. The molecule has 0 aliphatic rings. The molecule has 0 aliphatic heterocycles. The van der Waals surface area contributed by atoms with Crippen molar-refractivity contribution in [1.82, 2.24) is 4.98 Å². The fraction of sp³-hybridized carbons (Fsp3) is 0.0833. The van der Waals surface area contributed by atoms with Gasteiger partial charge in [0.1, 0.15) is 17.2 Å². The Hall–Kier alpha value is -3.84. The van der Waals surface area contributed by atoms with Gasteiger partial charge in [-0.25, -0.2) is 9.78 Å². The van der Waals surface area contributed by atoms with Gasteiger partial charge < -0.3 is 14.8 Å². The maximum absolute atomic E-state index is 12.3. The number of amides is 2. The molecule has 0 saturated heterocycles. The van der Waals surface area contributed by atoms with Gasteiger partial charge in [-0.05, 0) is 67.6 Å². The Bertz CT molecular complexity index is 1130. The summed E-state index contributed by atoms with van der Waals surface area (Å²) >= 11 is 1.36. The Balaban J connectivity index is 1.34. The van der Waals surface area contributed by atoms with E-state index in [-0.39, 0.29) is 6.03 Å². The molecule has 7 heteroatoms. The molecule has 0 aliphatic carbocycles. The molecule has 156 valence electrons. The first-order chi connectivity index (χ1) is 15.2. The number of hydrogen-bond acceptors (Lipinski definition) is 5. The molecule has 0 fully saturated rings. The summed E-state index contributed by atoms with van der Waals surface area (Å²) in [5.74, 6) is 2.30. The second-order valence-electron chi connectivity index (χ2n) is 6.51. The van der Waals surface area contributed by atoms with Crippen molar-refractivity contribution in [3.05, 3.63) is 84.2 Å². The molecule has 0 atom stereocenters. The van der Waals surface area contributed by atoms with Crippen LogP contribution in [0.1, 0.15) is 6.92 Å². The number of ether oxygens (including phenoxy) is 2. The van der Waals surface area contributed by atoms with Crippen LogP contribution in [-0.4, -0.2) is 17.6 Å². The minimum atomic E-state index is -0.350. The van der Waals surface area contributed by atoms with Crippen molar-refractivity contribution in [1.29, 1.82) is 0 Å². The molecular weight excluding hydrogens is 410 g/mol. The van der Waals surface area contributed by atoms with Crippen molar-refractivity contribution in [2.45, 2.75) is 6.92 Å². The van der Waals surface area contributed by atoms with Gasteiger partial charge in [-0.3, -0.25) is 5.32 Å². The summed E-state index contributed by atoms with van der Waals surface area (Å²) in [7, 11) is 0. The monoisotopic (exact) mass is 431 g/mol. The smallest absolute Gasteiger partial charge is 0.325 e. The Kier molecular flexibility index (Phi) is 6.44. The zero-order valence-electron chi connectivity index (χ0n) is 16.9. The van der Waals surface area contributed by atoms with Crippen molar-refractivity contribution in [2.75, 3.05) is 17.2 Å². The van der Waals surface area contributed by atoms with E-state index < -0.39 is 0 Å². The summed E-state index contributed by atoms with van der Waals surface area (Å²) in [5, 5.41) is 7.97. The number of benzene rings is 3. The highest BCUT2D eigenvalue weighted by Crippen LogP contribution is 2.28. The van der Waals surface area contributed by atoms with E-state index in [9.17, 15) is 4.79 Å². The molecule has 2 amide bonds. The maximum atomic E-state index is 12.3. The number of aromatic nitrogens is 1. The van der Waals surface area contributed by atoms with Gasteiger partial charge in [-0.15, -0.1) is 11.3 Å². The van der Waals surface area contributed by atoms with Gasteiger partial charge in [-0.2, -0.15) is 0 Å². The van der Waals surface area contributed by atoms with Crippen LogP contribution in [0.4, 0.5) is 15.6 Å². The third-order valence-electron chi connectivity index (χ3n) is 4.28. The number of para-hydroxylation sites is 1. The second-order valence-corrected chi connectivity index (χ2v) is 7.37. The van der Waals surface area contributed by atoms with Crippen molar-refractivity contribution in [3.8, 4) is 28.5 Å². The molecule has 6 nitrogen and oxygen atoms in total. The van der Waals surface area contributed by atoms with Gasteiger partial charge in [0.25, 0.3) is 0 Å². The standard InChI is InChI=1S/C24H21N3O3S/c1-2-29-19-14-10-18(11-15-19)25-23(28)27-24-26-22(16-31-24)17-8-12-21(13-9-17)30-20-6-4-3-5-7-20/h3-16H,2H2,1H3,(H2,25,26,27,28). The van der Waals surface area contributed by atoms with Crippen LogP contribution in [0, 0.1) is 0 Å². The first-order valence-corrected chi connectivity index (χ1v) is 10.7. The Morgan fingerprint density at radius 1 is 0.871 bits per heavy atom. The number of carbonyl (C=O) groups excluding carboxylic acids is 1. The average Bonchev–Trinajstić information content (AvgIpc) is 3.25. The van der Waals surface area contributed by atoms with E-state index in [1.165, 1.54) is 11.3 Å². The molecule has 4 rings (SSSR count). The first-order valence-electron chi connectivity index (χ1n) is 9.79. The highest BCUT2D eigenvalue weighted by atomic mass is 32.1. The molecule has 0 spiro atoms. The van der Waals surface area contributed by atoms with Crippen LogP contribution in [0.3, 0.4) is 0 Å². The fourth-order valence-corrected chi connectivity index (χ4v) is 3.56. The summed E-state index contributed by atoms with van der Waals surface area (Å²) in [6.45, 7) is 2.52. The molecule has 0 unspecified atom stereocenters. The van der Waals surface area contributed by atoms with Crippen LogP contribution in [0.2, 0.25) is 0 Å². The van der Waals surface area contributed by atoms with Gasteiger partial charge >= 0.3 is 6.03 Å². The van der Waals surface area contributed by atoms with Crippen LogP contribution in [0.15, 0.2) is 84.2 Å². The maximum Gasteiger partial charge on any atom is 0.325 e. The Labute approximate surface area is 184 Å². The van der Waals surface area contributed by atoms with Crippen molar-refractivity contribution in [2.24, 2.45) is 0 Å². The Morgan fingerprint density at radius 3 is 2.26 bits per heavy atom. The van der Waals surface area contributed by atoms with Crippen molar-refractivity contribution < 1.29 is 14.3 Å². The topological polar surface area (TPSA) is 72.5 Å². The molecular formula is C24H21N3O3S. The summed E-state index contributed by atoms with van der Waals surface area (Å²) in [4.78, 5) is 16.8. The molecule has 0 saturated carbocycles. The predicted octanol–water partition coefficient (Wildman–Crippen LogP) is 6.65. The van der Waals surface area contributed by atoms with Crippen LogP contribution >= 0.6 is 11.3 Å². The van der Waals surface area contributed by atoms with E-state index in [4.69, 9.17) is 9.47 Å². The third kappa shape index (κ3) is 5.61. The Morgan fingerprint density at radius 2 is 1.55 bits per heavy atom. The number of nitrogens with zero attached hydrogens (tertiary/aromatic N) is 1. The van der Waals surface area contributed by atoms with E-state index in [0.29, 0.717) is 17.4 Å². The van der Waals surface area contributed by atoms with Crippen molar-refractivity contribution >= 4 is 28.2 Å². The minimum Gasteiger partial charge on any atom is -0.494 e. The number of nitrogens with one attached hydrogen (secondary N) is 2. The normalized spacial score (nSPS) is 10.4. The second kappa shape index (κ2) is 9.77. The zero-order valence-corrected chi connectivity index (χ0v) is 17.7. The van der Waals surface area contributed by atoms with Gasteiger partial charge in [0.15, 0.2) is 5.13 Å². The summed E-state index contributed by atoms with van der Waals surface area (Å²) in [5.41, 5.74) is 2.40. The first kappa shape index (κ1) is 20.4. The van der Waals surface area contributed by atoms with Gasteiger partial charge in [0.2, 0.25) is 0 Å². The lowest BCUT2D eigenvalue weighted by atomic mass is 10.2. The predicted molar refractivity (Wildman–Crippen MR) is 124 cm³/mol. The van der Waals surface area contributed by atoms with E-state index >= 15 is 0 Å². The summed E-state index contributed by atoms with van der Waals surface area (Å²) < 4.78 is 11.2. The van der Waals surface area contributed by atoms with E-state index in [0.717, 1.165) is 28.5 Å². The van der Waals surface area contributed by atoms with Crippen LogP contribution in [0.25, 0.3) is 11.3 Å². The quantitative estimate of drug-likeness (QED) is 0.344. The van der Waals surface area contributed by atoms with Gasteiger partial charge in [0.05, 0.1) is 12.3 Å². The number of carbonyl (C=O) groups is 1. The SMILES string of the molecule is CCOc1ccc(NC(=O)Nc2nc(-c3ccc(Oc4ccccc4)cc3)cs2)cc1. The largest absolute Gasteiger partial charge is 0.494 e. The molecule has 2 N–H and O–H groups in total. The molecule has 0 radical (unpaired) electrons. The molecule has 1 heterocycles. The number of rotatable bonds is 7.